The van der Waals surface area contributed by atoms with Crippen molar-refractivity contribution in [1.29, 1.82) is 0 Å². The first-order chi connectivity index (χ1) is 9.65. The summed E-state index contributed by atoms with van der Waals surface area (Å²) < 4.78 is 1.60. The van der Waals surface area contributed by atoms with Gasteiger partial charge in [0, 0.05) is 22.2 Å². The van der Waals surface area contributed by atoms with Crippen molar-refractivity contribution in [3.05, 3.63) is 61.7 Å². The molecule has 0 aliphatic carbocycles. The zero-order valence-corrected chi connectivity index (χ0v) is 12.2. The van der Waals surface area contributed by atoms with Crippen molar-refractivity contribution in [2.45, 2.75) is 19.5 Å². The quantitative estimate of drug-likeness (QED) is 0.925. The molecule has 0 amide bonds. The van der Waals surface area contributed by atoms with Crippen molar-refractivity contribution in [2.24, 2.45) is 0 Å². The van der Waals surface area contributed by atoms with Crippen LogP contribution in [0.15, 0.2) is 29.3 Å². The van der Waals surface area contributed by atoms with E-state index in [9.17, 15) is 4.79 Å². The number of hydrogen-bond donors (Lipinski definition) is 1. The molecule has 6 heteroatoms. The smallest absolute Gasteiger partial charge is 0.257 e. The number of nitrogens with zero attached hydrogens (tertiary/aromatic N) is 2. The van der Waals surface area contributed by atoms with Gasteiger partial charge < -0.3 is 5.32 Å². The number of hydrogen-bond acceptors (Lipinski definition) is 3. The van der Waals surface area contributed by atoms with Crippen LogP contribution in [0.2, 0.25) is 10.0 Å². The number of rotatable bonds is 2. The van der Waals surface area contributed by atoms with Crippen LogP contribution in [-0.2, 0) is 19.5 Å². The van der Waals surface area contributed by atoms with Crippen molar-refractivity contribution >= 4 is 23.2 Å². The fourth-order valence-corrected chi connectivity index (χ4v) is 2.80. The summed E-state index contributed by atoms with van der Waals surface area (Å²) in [5.74, 6) is 0. The second-order valence-electron chi connectivity index (χ2n) is 4.77. The van der Waals surface area contributed by atoms with Crippen molar-refractivity contribution in [3.63, 3.8) is 0 Å². The van der Waals surface area contributed by atoms with Gasteiger partial charge in [-0.15, -0.1) is 0 Å². The van der Waals surface area contributed by atoms with E-state index in [2.05, 4.69) is 10.3 Å². The minimum absolute atomic E-state index is 0.0162. The number of halogens is 2. The fraction of sp³-hybridized carbons (Fsp3) is 0.286. The van der Waals surface area contributed by atoms with Crippen LogP contribution < -0.4 is 10.9 Å². The molecule has 0 unspecified atom stereocenters. The third kappa shape index (κ3) is 2.59. The Bertz CT molecular complexity index is 712. The Hall–Kier alpha value is -1.36. The number of benzene rings is 1. The highest BCUT2D eigenvalue weighted by molar-refractivity contribution is 6.35. The summed E-state index contributed by atoms with van der Waals surface area (Å²) in [6, 6.07) is 5.28. The van der Waals surface area contributed by atoms with Gasteiger partial charge in [0.1, 0.15) is 0 Å². The maximum absolute atomic E-state index is 12.4. The molecule has 0 bridgehead atoms. The van der Waals surface area contributed by atoms with E-state index in [1.807, 2.05) is 6.07 Å². The van der Waals surface area contributed by atoms with Gasteiger partial charge in [-0.05, 0) is 30.7 Å². The molecule has 0 radical (unpaired) electrons. The third-order valence-electron chi connectivity index (χ3n) is 3.42. The van der Waals surface area contributed by atoms with Crippen molar-refractivity contribution in [2.75, 3.05) is 6.54 Å². The van der Waals surface area contributed by atoms with Gasteiger partial charge in [-0.25, -0.2) is 4.98 Å². The molecule has 1 aromatic carbocycles. The lowest BCUT2D eigenvalue weighted by atomic mass is 10.1. The molecule has 0 atom stereocenters. The van der Waals surface area contributed by atoms with Crippen LogP contribution in [0.25, 0.3) is 0 Å². The fourth-order valence-electron chi connectivity index (χ4n) is 2.34. The molecule has 104 valence electrons. The zero-order valence-electron chi connectivity index (χ0n) is 10.7. The normalized spacial score (nSPS) is 14.1. The van der Waals surface area contributed by atoms with Crippen LogP contribution in [0.5, 0.6) is 0 Å². The Balaban J connectivity index is 1.97. The topological polar surface area (TPSA) is 46.9 Å². The van der Waals surface area contributed by atoms with Gasteiger partial charge in [0.15, 0.2) is 0 Å². The third-order valence-corrected chi connectivity index (χ3v) is 4.01. The lowest BCUT2D eigenvalue weighted by Crippen LogP contribution is -2.34. The minimum Gasteiger partial charge on any atom is -0.311 e. The van der Waals surface area contributed by atoms with E-state index in [1.54, 1.807) is 23.0 Å². The van der Waals surface area contributed by atoms with Gasteiger partial charge in [-0.3, -0.25) is 9.36 Å². The molecule has 1 aromatic heterocycles. The molecule has 2 heterocycles. The summed E-state index contributed by atoms with van der Waals surface area (Å²) in [4.78, 5) is 16.8. The number of fused-ring (bicyclic) bond motifs is 1. The predicted octanol–water partition coefficient (Wildman–Crippen LogP) is 2.24. The highest BCUT2D eigenvalue weighted by atomic mass is 35.5. The predicted molar refractivity (Wildman–Crippen MR) is 79.5 cm³/mol. The Kier molecular flexibility index (Phi) is 3.78. The highest BCUT2D eigenvalue weighted by Crippen LogP contribution is 2.21. The average Bonchev–Trinajstić information content (AvgIpc) is 2.45. The van der Waals surface area contributed by atoms with Crippen molar-refractivity contribution < 1.29 is 0 Å². The van der Waals surface area contributed by atoms with Crippen LogP contribution in [-0.4, -0.2) is 16.1 Å². The molecule has 1 N–H and O–H groups in total. The first-order valence-electron chi connectivity index (χ1n) is 6.37. The van der Waals surface area contributed by atoms with Crippen LogP contribution in [0.1, 0.15) is 16.8 Å². The van der Waals surface area contributed by atoms with Gasteiger partial charge in [0.05, 0.1) is 18.6 Å². The summed E-state index contributed by atoms with van der Waals surface area (Å²) >= 11 is 12.0. The first-order valence-corrected chi connectivity index (χ1v) is 7.12. The van der Waals surface area contributed by atoms with E-state index in [0.29, 0.717) is 23.1 Å². The summed E-state index contributed by atoms with van der Waals surface area (Å²) in [5.41, 5.74) is 2.52. The lowest BCUT2D eigenvalue weighted by Gasteiger charge is -2.17. The zero-order chi connectivity index (χ0) is 14.1. The Labute approximate surface area is 126 Å². The molecule has 4 nitrogen and oxygen atoms in total. The molecule has 3 rings (SSSR count). The van der Waals surface area contributed by atoms with Crippen LogP contribution in [0, 0.1) is 0 Å². The van der Waals surface area contributed by atoms with E-state index in [4.69, 9.17) is 23.2 Å². The van der Waals surface area contributed by atoms with Crippen LogP contribution in [0.3, 0.4) is 0 Å². The highest BCUT2D eigenvalue weighted by Gasteiger charge is 2.15. The molecule has 0 saturated carbocycles. The summed E-state index contributed by atoms with van der Waals surface area (Å²) in [6.07, 6.45) is 2.30. The standard InChI is InChI=1S/C14H13Cl2N3O/c15-10-2-1-9(12(16)5-10)7-19-8-18-13-6-17-4-3-11(13)14(19)20/h1-2,5,8,17H,3-4,6-7H2. The number of nitrogens with one attached hydrogen (secondary N) is 1. The molecule has 0 saturated heterocycles. The monoisotopic (exact) mass is 309 g/mol. The molecule has 1 aliphatic heterocycles. The molecular formula is C14H13Cl2N3O. The van der Waals surface area contributed by atoms with Gasteiger partial charge in [0.2, 0.25) is 0 Å². The minimum atomic E-state index is 0.0162. The molecular weight excluding hydrogens is 297 g/mol. The second-order valence-corrected chi connectivity index (χ2v) is 5.61. The largest absolute Gasteiger partial charge is 0.311 e. The van der Waals surface area contributed by atoms with E-state index in [1.165, 1.54) is 0 Å². The van der Waals surface area contributed by atoms with E-state index in [-0.39, 0.29) is 5.56 Å². The Morgan fingerprint density at radius 3 is 3.00 bits per heavy atom. The van der Waals surface area contributed by atoms with Gasteiger partial charge in [0.25, 0.3) is 5.56 Å². The second kappa shape index (κ2) is 5.56. The average molecular weight is 310 g/mol. The summed E-state index contributed by atoms with van der Waals surface area (Å²) in [6.45, 7) is 1.88. The molecule has 20 heavy (non-hydrogen) atoms. The molecule has 0 spiro atoms. The van der Waals surface area contributed by atoms with E-state index >= 15 is 0 Å². The van der Waals surface area contributed by atoms with Gasteiger partial charge in [-0.1, -0.05) is 29.3 Å². The molecule has 0 fully saturated rings. The Morgan fingerprint density at radius 1 is 1.35 bits per heavy atom. The van der Waals surface area contributed by atoms with Crippen molar-refractivity contribution in [3.8, 4) is 0 Å². The number of aromatic nitrogens is 2. The van der Waals surface area contributed by atoms with Crippen LogP contribution in [0.4, 0.5) is 0 Å². The SMILES string of the molecule is O=c1c2c(ncn1Cc1ccc(Cl)cc1Cl)CNCC2. The lowest BCUT2D eigenvalue weighted by molar-refractivity contribution is 0.596. The van der Waals surface area contributed by atoms with Gasteiger partial charge >= 0.3 is 0 Å². The molecule has 1 aliphatic rings. The van der Waals surface area contributed by atoms with Crippen molar-refractivity contribution in [1.82, 2.24) is 14.9 Å². The maximum atomic E-state index is 12.4. The van der Waals surface area contributed by atoms with E-state index < -0.39 is 0 Å². The maximum Gasteiger partial charge on any atom is 0.257 e. The molecule has 2 aromatic rings. The van der Waals surface area contributed by atoms with E-state index in [0.717, 1.165) is 29.8 Å². The van der Waals surface area contributed by atoms with Gasteiger partial charge in [-0.2, -0.15) is 0 Å². The Morgan fingerprint density at radius 2 is 2.20 bits per heavy atom. The first kappa shape index (κ1) is 13.6. The van der Waals surface area contributed by atoms with Crippen LogP contribution >= 0.6 is 23.2 Å². The summed E-state index contributed by atoms with van der Waals surface area (Å²) in [7, 11) is 0. The summed E-state index contributed by atoms with van der Waals surface area (Å²) in [5, 5.41) is 4.35.